The maximum absolute atomic E-state index is 10.8. The highest BCUT2D eigenvalue weighted by Gasteiger charge is 2.00. The Labute approximate surface area is 83.6 Å². The third-order valence-corrected chi connectivity index (χ3v) is 2.48. The van der Waals surface area contributed by atoms with Crippen molar-refractivity contribution in [3.63, 3.8) is 0 Å². The Kier molecular flexibility index (Phi) is 2.32. The van der Waals surface area contributed by atoms with Gasteiger partial charge in [0.2, 0.25) is 5.13 Å². The van der Waals surface area contributed by atoms with Gasteiger partial charge >= 0.3 is 4.87 Å². The summed E-state index contributed by atoms with van der Waals surface area (Å²) in [6, 6.07) is 0. The number of nitrogens with one attached hydrogen (secondary N) is 2. The van der Waals surface area contributed by atoms with E-state index in [1.54, 1.807) is 12.5 Å². The number of H-pyrrole nitrogens is 1. The van der Waals surface area contributed by atoms with E-state index in [4.69, 9.17) is 0 Å². The van der Waals surface area contributed by atoms with E-state index < -0.39 is 0 Å². The van der Waals surface area contributed by atoms with Crippen molar-refractivity contribution in [1.82, 2.24) is 19.7 Å². The fraction of sp³-hybridized carbons (Fsp3) is 0.286. The van der Waals surface area contributed by atoms with Gasteiger partial charge in [0.1, 0.15) is 0 Å². The SMILES string of the molecule is Cn1cncc1CNc1n[nH]c(=O)s1. The highest BCUT2D eigenvalue weighted by Crippen LogP contribution is 2.06. The molecular weight excluding hydrogens is 202 g/mol. The number of hydrogen-bond donors (Lipinski definition) is 2. The molecule has 0 aliphatic heterocycles. The zero-order chi connectivity index (χ0) is 9.97. The highest BCUT2D eigenvalue weighted by atomic mass is 32.1. The molecule has 2 heterocycles. The summed E-state index contributed by atoms with van der Waals surface area (Å²) in [5.41, 5.74) is 1.03. The van der Waals surface area contributed by atoms with Gasteiger partial charge in [0, 0.05) is 13.2 Å². The lowest BCUT2D eigenvalue weighted by Crippen LogP contribution is -2.03. The molecule has 0 aliphatic carbocycles. The van der Waals surface area contributed by atoms with Gasteiger partial charge in [-0.2, -0.15) is 0 Å². The zero-order valence-electron chi connectivity index (χ0n) is 7.52. The molecule has 0 amide bonds. The summed E-state index contributed by atoms with van der Waals surface area (Å²) in [5, 5.41) is 9.74. The van der Waals surface area contributed by atoms with Crippen LogP contribution in [0.2, 0.25) is 0 Å². The molecule has 0 radical (unpaired) electrons. The predicted octanol–water partition coefficient (Wildman–Crippen LogP) is 0.177. The summed E-state index contributed by atoms with van der Waals surface area (Å²) in [4.78, 5) is 14.6. The van der Waals surface area contributed by atoms with Gasteiger partial charge in [0.25, 0.3) is 0 Å². The molecule has 2 aromatic heterocycles. The molecule has 6 nitrogen and oxygen atoms in total. The Hall–Kier alpha value is -1.63. The molecule has 14 heavy (non-hydrogen) atoms. The van der Waals surface area contributed by atoms with Crippen LogP contribution >= 0.6 is 11.3 Å². The number of rotatable bonds is 3. The lowest BCUT2D eigenvalue weighted by Gasteiger charge is -2.01. The number of nitrogens with zero attached hydrogens (tertiary/aromatic N) is 3. The van der Waals surface area contributed by atoms with Crippen LogP contribution in [0.4, 0.5) is 5.13 Å². The van der Waals surface area contributed by atoms with Crippen molar-refractivity contribution in [3.05, 3.63) is 27.9 Å². The molecule has 0 saturated heterocycles. The average molecular weight is 211 g/mol. The minimum atomic E-state index is -0.155. The fourth-order valence-electron chi connectivity index (χ4n) is 1.03. The number of aryl methyl sites for hydroxylation is 1. The largest absolute Gasteiger partial charge is 0.354 e. The van der Waals surface area contributed by atoms with Crippen molar-refractivity contribution in [2.24, 2.45) is 7.05 Å². The molecule has 2 rings (SSSR count). The first-order chi connectivity index (χ1) is 6.75. The van der Waals surface area contributed by atoms with Crippen LogP contribution in [-0.4, -0.2) is 19.7 Å². The van der Waals surface area contributed by atoms with Gasteiger partial charge in [-0.15, -0.1) is 5.10 Å². The van der Waals surface area contributed by atoms with E-state index in [-0.39, 0.29) is 4.87 Å². The molecule has 0 fully saturated rings. The van der Waals surface area contributed by atoms with Crippen molar-refractivity contribution in [2.75, 3.05) is 5.32 Å². The monoisotopic (exact) mass is 211 g/mol. The quantitative estimate of drug-likeness (QED) is 0.759. The van der Waals surface area contributed by atoms with Gasteiger partial charge in [0.05, 0.1) is 18.6 Å². The average Bonchev–Trinajstić information content (AvgIpc) is 2.72. The number of imidazole rings is 1. The van der Waals surface area contributed by atoms with E-state index in [1.165, 1.54) is 0 Å². The summed E-state index contributed by atoms with van der Waals surface area (Å²) in [6.07, 6.45) is 3.49. The maximum atomic E-state index is 10.8. The summed E-state index contributed by atoms with van der Waals surface area (Å²) < 4.78 is 1.91. The molecule has 0 unspecified atom stereocenters. The zero-order valence-corrected chi connectivity index (χ0v) is 8.34. The summed E-state index contributed by atoms with van der Waals surface area (Å²) >= 11 is 1.05. The molecule has 0 aromatic carbocycles. The first-order valence-electron chi connectivity index (χ1n) is 4.00. The standard InChI is InChI=1S/C7H9N5OS/c1-12-4-8-2-5(12)3-9-6-10-11-7(13)14-6/h2,4H,3H2,1H3,(H,9,10)(H,11,13). The van der Waals surface area contributed by atoms with Crippen LogP contribution < -0.4 is 10.2 Å². The highest BCUT2D eigenvalue weighted by molar-refractivity contribution is 7.12. The molecule has 0 saturated carbocycles. The molecular formula is C7H9N5OS. The first-order valence-corrected chi connectivity index (χ1v) is 4.82. The molecule has 0 spiro atoms. The van der Waals surface area contributed by atoms with Gasteiger partial charge in [-0.3, -0.25) is 4.79 Å². The van der Waals surface area contributed by atoms with E-state index in [9.17, 15) is 4.79 Å². The van der Waals surface area contributed by atoms with Gasteiger partial charge < -0.3 is 9.88 Å². The third kappa shape index (κ3) is 1.82. The van der Waals surface area contributed by atoms with Crippen LogP contribution in [0.3, 0.4) is 0 Å². The predicted molar refractivity (Wildman–Crippen MR) is 53.3 cm³/mol. The molecule has 0 aliphatic rings. The number of aromatic nitrogens is 4. The normalized spacial score (nSPS) is 10.4. The minimum absolute atomic E-state index is 0.155. The van der Waals surface area contributed by atoms with Crippen LogP contribution in [0.15, 0.2) is 17.3 Å². The topological polar surface area (TPSA) is 75.6 Å². The number of aromatic amines is 1. The van der Waals surface area contributed by atoms with E-state index in [0.717, 1.165) is 17.0 Å². The Balaban J connectivity index is 2.01. The van der Waals surface area contributed by atoms with Crippen molar-refractivity contribution in [3.8, 4) is 0 Å². The lowest BCUT2D eigenvalue weighted by atomic mass is 10.5. The van der Waals surface area contributed by atoms with Crippen LogP contribution in [0.5, 0.6) is 0 Å². The molecule has 2 N–H and O–H groups in total. The molecule has 7 heteroatoms. The number of hydrogen-bond acceptors (Lipinski definition) is 5. The van der Waals surface area contributed by atoms with E-state index >= 15 is 0 Å². The van der Waals surface area contributed by atoms with Crippen LogP contribution in [0.25, 0.3) is 0 Å². The van der Waals surface area contributed by atoms with Crippen molar-refractivity contribution in [1.29, 1.82) is 0 Å². The molecule has 74 valence electrons. The first kappa shape index (κ1) is 8.95. The molecule has 2 aromatic rings. The second kappa shape index (κ2) is 3.62. The maximum Gasteiger partial charge on any atom is 0.324 e. The second-order valence-corrected chi connectivity index (χ2v) is 3.73. The summed E-state index contributed by atoms with van der Waals surface area (Å²) in [5.74, 6) is 0. The lowest BCUT2D eigenvalue weighted by molar-refractivity contribution is 0.835. The second-order valence-electron chi connectivity index (χ2n) is 2.77. The van der Waals surface area contributed by atoms with Crippen LogP contribution in [-0.2, 0) is 13.6 Å². The summed E-state index contributed by atoms with van der Waals surface area (Å²) in [6.45, 7) is 0.608. The Morgan fingerprint density at radius 3 is 3.14 bits per heavy atom. The van der Waals surface area contributed by atoms with Gasteiger partial charge in [-0.25, -0.2) is 10.1 Å². The Bertz CT molecular complexity index is 470. The van der Waals surface area contributed by atoms with Gasteiger partial charge in [0.15, 0.2) is 0 Å². The molecule has 0 bridgehead atoms. The van der Waals surface area contributed by atoms with E-state index in [2.05, 4.69) is 20.5 Å². The Morgan fingerprint density at radius 1 is 1.71 bits per heavy atom. The third-order valence-electron chi connectivity index (χ3n) is 1.78. The van der Waals surface area contributed by atoms with Gasteiger partial charge in [-0.05, 0) is 11.3 Å². The summed E-state index contributed by atoms with van der Waals surface area (Å²) in [7, 11) is 1.91. The van der Waals surface area contributed by atoms with Gasteiger partial charge in [-0.1, -0.05) is 0 Å². The minimum Gasteiger partial charge on any atom is -0.354 e. The molecule has 0 atom stereocenters. The smallest absolute Gasteiger partial charge is 0.324 e. The van der Waals surface area contributed by atoms with Crippen LogP contribution in [0.1, 0.15) is 5.69 Å². The van der Waals surface area contributed by atoms with E-state index in [0.29, 0.717) is 11.7 Å². The Morgan fingerprint density at radius 2 is 2.57 bits per heavy atom. The van der Waals surface area contributed by atoms with Crippen LogP contribution in [0, 0.1) is 0 Å². The fourth-order valence-corrected chi connectivity index (χ4v) is 1.53. The van der Waals surface area contributed by atoms with Crippen molar-refractivity contribution >= 4 is 16.5 Å². The van der Waals surface area contributed by atoms with Crippen molar-refractivity contribution in [2.45, 2.75) is 6.54 Å². The number of anilines is 1. The van der Waals surface area contributed by atoms with Crippen molar-refractivity contribution < 1.29 is 0 Å². The van der Waals surface area contributed by atoms with E-state index in [1.807, 2.05) is 11.6 Å².